The van der Waals surface area contributed by atoms with Gasteiger partial charge in [0, 0.05) is 25.6 Å². The molecule has 1 aromatic rings. The molecule has 26 heavy (non-hydrogen) atoms. The fourth-order valence-electron chi connectivity index (χ4n) is 2.98. The highest BCUT2D eigenvalue weighted by Crippen LogP contribution is 2.25. The molecule has 0 radical (unpaired) electrons. The van der Waals surface area contributed by atoms with Crippen LogP contribution in [0.1, 0.15) is 38.4 Å². The van der Waals surface area contributed by atoms with Crippen molar-refractivity contribution >= 4 is 35.9 Å². The topological polar surface area (TPSA) is 75.9 Å². The van der Waals surface area contributed by atoms with E-state index in [4.69, 9.17) is 9.15 Å². The minimum absolute atomic E-state index is 0. The van der Waals surface area contributed by atoms with Crippen LogP contribution in [0, 0.1) is 5.92 Å². The van der Waals surface area contributed by atoms with E-state index in [0.717, 1.165) is 43.8 Å². The molecular weight excluding hydrogens is 445 g/mol. The van der Waals surface area contributed by atoms with Crippen LogP contribution < -0.4 is 10.6 Å². The molecule has 0 saturated heterocycles. The van der Waals surface area contributed by atoms with Crippen molar-refractivity contribution in [3.05, 3.63) is 36.8 Å². The summed E-state index contributed by atoms with van der Waals surface area (Å²) < 4.78 is 10.5. The summed E-state index contributed by atoms with van der Waals surface area (Å²) in [6, 6.07) is 4.16. The summed E-state index contributed by atoms with van der Waals surface area (Å²) in [5.41, 5.74) is 0. The minimum Gasteiger partial charge on any atom is -0.469 e. The molecule has 0 unspecified atom stereocenters. The van der Waals surface area contributed by atoms with Crippen molar-refractivity contribution in [3.63, 3.8) is 0 Å². The Bertz CT molecular complexity index is 552. The highest BCUT2D eigenvalue weighted by atomic mass is 127. The lowest BCUT2D eigenvalue weighted by Crippen LogP contribution is -2.45. The van der Waals surface area contributed by atoms with Crippen molar-refractivity contribution in [1.29, 1.82) is 0 Å². The number of esters is 1. The van der Waals surface area contributed by atoms with Gasteiger partial charge in [0.2, 0.25) is 0 Å². The van der Waals surface area contributed by atoms with Crippen molar-refractivity contribution < 1.29 is 13.9 Å². The van der Waals surface area contributed by atoms with Gasteiger partial charge in [0.1, 0.15) is 5.76 Å². The number of guanidine groups is 1. The third-order valence-corrected chi connectivity index (χ3v) is 4.31. The van der Waals surface area contributed by atoms with Gasteiger partial charge in [0.05, 0.1) is 18.8 Å². The Morgan fingerprint density at radius 3 is 2.81 bits per heavy atom. The maximum absolute atomic E-state index is 11.8. The molecule has 1 saturated carbocycles. The molecule has 2 rings (SSSR count). The number of ether oxygens (including phenoxy) is 1. The van der Waals surface area contributed by atoms with E-state index in [1.165, 1.54) is 0 Å². The zero-order valence-electron chi connectivity index (χ0n) is 15.4. The molecule has 0 bridgehead atoms. The maximum Gasteiger partial charge on any atom is 0.308 e. The van der Waals surface area contributed by atoms with Gasteiger partial charge in [-0.05, 0) is 44.7 Å². The third-order valence-electron chi connectivity index (χ3n) is 4.31. The Balaban J connectivity index is 0.00000338. The van der Waals surface area contributed by atoms with Gasteiger partial charge >= 0.3 is 5.97 Å². The highest BCUT2D eigenvalue weighted by Gasteiger charge is 2.27. The van der Waals surface area contributed by atoms with Crippen LogP contribution in [-0.2, 0) is 16.0 Å². The predicted octanol–water partition coefficient (Wildman–Crippen LogP) is 3.28. The predicted molar refractivity (Wildman–Crippen MR) is 114 cm³/mol. The van der Waals surface area contributed by atoms with Gasteiger partial charge in [0.25, 0.3) is 0 Å². The number of hydrogen-bond acceptors (Lipinski definition) is 4. The van der Waals surface area contributed by atoms with Gasteiger partial charge in [0.15, 0.2) is 5.96 Å². The minimum atomic E-state index is -0.0573. The summed E-state index contributed by atoms with van der Waals surface area (Å²) in [5, 5.41) is 6.72. The molecule has 1 heterocycles. The summed E-state index contributed by atoms with van der Waals surface area (Å²) in [6.07, 6.45) is 7.85. The number of aliphatic imine (C=N–C) groups is 1. The van der Waals surface area contributed by atoms with Gasteiger partial charge in [-0.1, -0.05) is 6.08 Å². The number of nitrogens with zero attached hydrogens (tertiary/aromatic N) is 1. The first-order valence-electron chi connectivity index (χ1n) is 9.07. The quantitative estimate of drug-likeness (QED) is 0.199. The van der Waals surface area contributed by atoms with Crippen LogP contribution in [0.15, 0.2) is 40.5 Å². The van der Waals surface area contributed by atoms with Crippen molar-refractivity contribution in [2.75, 3.05) is 19.7 Å². The van der Waals surface area contributed by atoms with Crippen LogP contribution in [0.2, 0.25) is 0 Å². The zero-order chi connectivity index (χ0) is 17.9. The van der Waals surface area contributed by atoms with E-state index in [1.807, 2.05) is 19.1 Å². The Morgan fingerprint density at radius 2 is 2.19 bits per heavy atom. The standard InChI is InChI=1S/C19H29N3O3.HI/c1-3-12-20-19(21-13-11-17-6-5-14-25-17)22-16-9-7-15(8-10-16)18(23)24-4-2;/h3,5-6,14-16H,1,4,7-13H2,2H3,(H2,20,21,22);1H. The lowest BCUT2D eigenvalue weighted by Gasteiger charge is -2.29. The number of halogens is 1. The molecule has 1 aliphatic rings. The molecule has 0 spiro atoms. The molecule has 6 nitrogen and oxygen atoms in total. The van der Waals surface area contributed by atoms with Crippen LogP contribution in [0.3, 0.4) is 0 Å². The summed E-state index contributed by atoms with van der Waals surface area (Å²) >= 11 is 0. The molecule has 0 atom stereocenters. The number of nitrogens with one attached hydrogen (secondary N) is 2. The zero-order valence-corrected chi connectivity index (χ0v) is 17.7. The molecule has 7 heteroatoms. The van der Waals surface area contributed by atoms with Crippen molar-refractivity contribution in [3.8, 4) is 0 Å². The summed E-state index contributed by atoms with van der Waals surface area (Å²) in [5.74, 6) is 1.70. The normalized spacial score (nSPS) is 20.0. The van der Waals surface area contributed by atoms with E-state index in [1.54, 1.807) is 12.3 Å². The van der Waals surface area contributed by atoms with Crippen molar-refractivity contribution in [2.45, 2.75) is 45.1 Å². The summed E-state index contributed by atoms with van der Waals surface area (Å²) in [4.78, 5) is 16.4. The molecular formula is C19H30IN3O3. The maximum atomic E-state index is 11.8. The van der Waals surface area contributed by atoms with E-state index < -0.39 is 0 Å². The van der Waals surface area contributed by atoms with Crippen molar-refractivity contribution in [1.82, 2.24) is 10.6 Å². The molecule has 1 fully saturated rings. The number of carbonyl (C=O) groups is 1. The van der Waals surface area contributed by atoms with Crippen LogP contribution in [-0.4, -0.2) is 37.7 Å². The van der Waals surface area contributed by atoms with E-state index in [9.17, 15) is 4.79 Å². The van der Waals surface area contributed by atoms with E-state index >= 15 is 0 Å². The Morgan fingerprint density at radius 1 is 1.42 bits per heavy atom. The monoisotopic (exact) mass is 475 g/mol. The Labute approximate surface area is 172 Å². The lowest BCUT2D eigenvalue weighted by atomic mass is 9.86. The smallest absolute Gasteiger partial charge is 0.308 e. The SMILES string of the molecule is C=CCNC(=NCCc1ccco1)NC1CCC(C(=O)OCC)CC1.I. The van der Waals surface area contributed by atoms with Crippen LogP contribution in [0.5, 0.6) is 0 Å². The molecule has 0 amide bonds. The van der Waals surface area contributed by atoms with Crippen LogP contribution >= 0.6 is 24.0 Å². The second kappa shape index (κ2) is 12.8. The number of rotatable bonds is 8. The first-order chi connectivity index (χ1) is 12.2. The average Bonchev–Trinajstić information content (AvgIpc) is 3.13. The van der Waals surface area contributed by atoms with E-state index in [0.29, 0.717) is 25.7 Å². The van der Waals surface area contributed by atoms with Gasteiger partial charge in [-0.2, -0.15) is 0 Å². The van der Waals surface area contributed by atoms with Gasteiger partial charge in [-0.15, -0.1) is 30.6 Å². The fraction of sp³-hybridized carbons (Fsp3) is 0.579. The van der Waals surface area contributed by atoms with Gasteiger partial charge in [-0.25, -0.2) is 0 Å². The van der Waals surface area contributed by atoms with Crippen molar-refractivity contribution in [2.24, 2.45) is 10.9 Å². The first kappa shape index (κ1) is 22.5. The number of furan rings is 1. The van der Waals surface area contributed by atoms with Crippen LogP contribution in [0.4, 0.5) is 0 Å². The average molecular weight is 475 g/mol. The van der Waals surface area contributed by atoms with Crippen LogP contribution in [0.25, 0.3) is 0 Å². The lowest BCUT2D eigenvalue weighted by molar-refractivity contribution is -0.149. The number of carbonyl (C=O) groups excluding carboxylic acids is 1. The fourth-order valence-corrected chi connectivity index (χ4v) is 2.98. The van der Waals surface area contributed by atoms with E-state index in [2.05, 4.69) is 22.2 Å². The Kier molecular flexibility index (Phi) is 11.1. The van der Waals surface area contributed by atoms with Gasteiger partial charge in [-0.3, -0.25) is 9.79 Å². The first-order valence-corrected chi connectivity index (χ1v) is 9.07. The molecule has 1 aliphatic carbocycles. The third kappa shape index (κ3) is 7.80. The summed E-state index contributed by atoms with van der Waals surface area (Å²) in [6.45, 7) is 7.35. The largest absolute Gasteiger partial charge is 0.469 e. The second-order valence-corrected chi connectivity index (χ2v) is 6.17. The number of hydrogen-bond donors (Lipinski definition) is 2. The van der Waals surface area contributed by atoms with Gasteiger partial charge < -0.3 is 19.8 Å². The Hall–Kier alpha value is -1.51. The van der Waals surface area contributed by atoms with E-state index in [-0.39, 0.29) is 35.9 Å². The highest BCUT2D eigenvalue weighted by molar-refractivity contribution is 14.0. The summed E-state index contributed by atoms with van der Waals surface area (Å²) in [7, 11) is 0. The molecule has 0 aliphatic heterocycles. The molecule has 146 valence electrons. The molecule has 1 aromatic heterocycles. The second-order valence-electron chi connectivity index (χ2n) is 6.17. The molecule has 0 aromatic carbocycles. The molecule has 2 N–H and O–H groups in total.